The molecule has 0 bridgehead atoms. The minimum absolute atomic E-state index is 0.127. The molecule has 1 heterocycles. The second kappa shape index (κ2) is 5.61. The zero-order chi connectivity index (χ0) is 15.9. The fourth-order valence-corrected chi connectivity index (χ4v) is 2.99. The quantitative estimate of drug-likeness (QED) is 0.820. The van der Waals surface area contributed by atoms with Crippen LogP contribution in [0.25, 0.3) is 0 Å². The Kier molecular flexibility index (Phi) is 4.36. The van der Waals surface area contributed by atoms with Gasteiger partial charge in [0.25, 0.3) is 5.91 Å². The third-order valence-corrected chi connectivity index (χ3v) is 4.97. The molecule has 21 heavy (non-hydrogen) atoms. The standard InChI is InChI=1S/C15H18BrClN2O2/c1-8-13(20)18-12(15(2,3)4)14(21)19(8)10-7-5-6-9(17)11(10)16/h5-8,12H,1-4H3,(H,18,20). The smallest absolute Gasteiger partial charge is 0.250 e. The van der Waals surface area contributed by atoms with Crippen molar-refractivity contribution in [1.29, 1.82) is 0 Å². The fourth-order valence-electron chi connectivity index (χ4n) is 2.36. The van der Waals surface area contributed by atoms with Gasteiger partial charge in [-0.25, -0.2) is 0 Å². The van der Waals surface area contributed by atoms with Gasteiger partial charge in [0, 0.05) is 0 Å². The monoisotopic (exact) mass is 372 g/mol. The molecular weight excluding hydrogens is 356 g/mol. The molecule has 2 rings (SSSR count). The summed E-state index contributed by atoms with van der Waals surface area (Å²) in [6.45, 7) is 7.49. The van der Waals surface area contributed by atoms with Gasteiger partial charge in [-0.3, -0.25) is 14.5 Å². The van der Waals surface area contributed by atoms with Crippen molar-refractivity contribution < 1.29 is 9.59 Å². The summed E-state index contributed by atoms with van der Waals surface area (Å²) in [5, 5.41) is 3.32. The number of rotatable bonds is 1. The Hall–Kier alpha value is -1.07. The molecule has 1 N–H and O–H groups in total. The predicted octanol–water partition coefficient (Wildman–Crippen LogP) is 3.37. The van der Waals surface area contributed by atoms with Gasteiger partial charge in [-0.05, 0) is 40.4 Å². The highest BCUT2D eigenvalue weighted by molar-refractivity contribution is 9.10. The van der Waals surface area contributed by atoms with Gasteiger partial charge in [-0.2, -0.15) is 0 Å². The van der Waals surface area contributed by atoms with E-state index in [-0.39, 0.29) is 17.2 Å². The lowest BCUT2D eigenvalue weighted by molar-refractivity contribution is -0.136. The van der Waals surface area contributed by atoms with E-state index in [1.165, 1.54) is 4.90 Å². The maximum absolute atomic E-state index is 12.8. The van der Waals surface area contributed by atoms with Crippen LogP contribution in [-0.2, 0) is 9.59 Å². The first-order chi connectivity index (χ1) is 9.64. The van der Waals surface area contributed by atoms with Crippen LogP contribution < -0.4 is 10.2 Å². The topological polar surface area (TPSA) is 49.4 Å². The average molecular weight is 374 g/mol. The van der Waals surface area contributed by atoms with Gasteiger partial charge in [-0.1, -0.05) is 38.4 Å². The Bertz CT molecular complexity index is 598. The number of piperazine rings is 1. The molecule has 2 atom stereocenters. The van der Waals surface area contributed by atoms with E-state index in [2.05, 4.69) is 21.2 Å². The number of anilines is 1. The number of halogens is 2. The first kappa shape index (κ1) is 16.3. The highest BCUT2D eigenvalue weighted by Crippen LogP contribution is 2.36. The summed E-state index contributed by atoms with van der Waals surface area (Å²) in [5.74, 6) is -0.293. The Morgan fingerprint density at radius 1 is 1.29 bits per heavy atom. The molecular formula is C15H18BrClN2O2. The first-order valence-electron chi connectivity index (χ1n) is 6.72. The van der Waals surface area contributed by atoms with Crippen LogP contribution in [0, 0.1) is 5.41 Å². The van der Waals surface area contributed by atoms with E-state index >= 15 is 0 Å². The molecule has 1 saturated heterocycles. The minimum atomic E-state index is -0.578. The van der Waals surface area contributed by atoms with Gasteiger partial charge in [-0.15, -0.1) is 0 Å². The lowest BCUT2D eigenvalue weighted by Gasteiger charge is -2.42. The average Bonchev–Trinajstić information content (AvgIpc) is 2.37. The molecule has 2 amide bonds. The van der Waals surface area contributed by atoms with Gasteiger partial charge >= 0.3 is 0 Å². The van der Waals surface area contributed by atoms with Crippen molar-refractivity contribution in [2.75, 3.05) is 4.90 Å². The number of benzene rings is 1. The van der Waals surface area contributed by atoms with E-state index in [4.69, 9.17) is 11.6 Å². The van der Waals surface area contributed by atoms with Gasteiger partial charge in [0.15, 0.2) is 0 Å². The highest BCUT2D eigenvalue weighted by Gasteiger charge is 2.44. The summed E-state index contributed by atoms with van der Waals surface area (Å²) in [6.07, 6.45) is 0. The molecule has 0 spiro atoms. The number of amides is 2. The number of hydrogen-bond acceptors (Lipinski definition) is 2. The van der Waals surface area contributed by atoms with Crippen LogP contribution in [0.2, 0.25) is 5.02 Å². The van der Waals surface area contributed by atoms with Gasteiger partial charge in [0.2, 0.25) is 5.91 Å². The first-order valence-corrected chi connectivity index (χ1v) is 7.89. The second-order valence-corrected chi connectivity index (χ2v) is 7.46. The second-order valence-electron chi connectivity index (χ2n) is 6.26. The molecule has 2 unspecified atom stereocenters. The predicted molar refractivity (Wildman–Crippen MR) is 87.5 cm³/mol. The molecule has 0 aromatic heterocycles. The van der Waals surface area contributed by atoms with Crippen LogP contribution in [0.5, 0.6) is 0 Å². The van der Waals surface area contributed by atoms with Crippen LogP contribution >= 0.6 is 27.5 Å². The zero-order valence-corrected chi connectivity index (χ0v) is 14.7. The molecule has 114 valence electrons. The lowest BCUT2D eigenvalue weighted by Crippen LogP contribution is -2.66. The van der Waals surface area contributed by atoms with Gasteiger partial charge < -0.3 is 5.32 Å². The van der Waals surface area contributed by atoms with Crippen LogP contribution in [0.3, 0.4) is 0 Å². The number of hydrogen-bond donors (Lipinski definition) is 1. The van der Waals surface area contributed by atoms with Crippen molar-refractivity contribution in [3.05, 3.63) is 27.7 Å². The van der Waals surface area contributed by atoms with E-state index in [0.29, 0.717) is 15.2 Å². The molecule has 0 aliphatic carbocycles. The van der Waals surface area contributed by atoms with Crippen molar-refractivity contribution in [1.82, 2.24) is 5.32 Å². The Labute approximate surface area is 138 Å². The number of nitrogens with zero attached hydrogens (tertiary/aromatic N) is 1. The molecule has 1 aromatic rings. The fraction of sp³-hybridized carbons (Fsp3) is 0.467. The largest absolute Gasteiger partial charge is 0.342 e. The van der Waals surface area contributed by atoms with Gasteiger partial charge in [0.05, 0.1) is 15.2 Å². The molecule has 6 heteroatoms. The van der Waals surface area contributed by atoms with Crippen LogP contribution in [0.4, 0.5) is 5.69 Å². The van der Waals surface area contributed by atoms with Crippen molar-refractivity contribution >= 4 is 45.0 Å². The summed E-state index contributed by atoms with van der Waals surface area (Å²) in [5.41, 5.74) is 0.250. The number of carbonyl (C=O) groups excluding carboxylic acids is 2. The lowest BCUT2D eigenvalue weighted by atomic mass is 9.84. The maximum atomic E-state index is 12.8. The van der Waals surface area contributed by atoms with E-state index in [1.54, 1.807) is 25.1 Å². The van der Waals surface area contributed by atoms with Crippen molar-refractivity contribution in [3.63, 3.8) is 0 Å². The molecule has 1 aromatic carbocycles. The number of nitrogens with one attached hydrogen (secondary N) is 1. The summed E-state index contributed by atoms with van der Waals surface area (Å²) < 4.78 is 0.620. The minimum Gasteiger partial charge on any atom is -0.342 e. The van der Waals surface area contributed by atoms with Crippen molar-refractivity contribution in [2.45, 2.75) is 39.8 Å². The van der Waals surface area contributed by atoms with Crippen molar-refractivity contribution in [3.8, 4) is 0 Å². The molecule has 0 radical (unpaired) electrons. The molecule has 1 aliphatic heterocycles. The summed E-state index contributed by atoms with van der Waals surface area (Å²) in [4.78, 5) is 26.6. The Balaban J connectivity index is 2.51. The SMILES string of the molecule is CC1C(=O)NC(C(C)(C)C)C(=O)N1c1cccc(Cl)c1Br. The molecule has 1 aliphatic rings. The van der Waals surface area contributed by atoms with E-state index in [0.717, 1.165) is 0 Å². The van der Waals surface area contributed by atoms with Crippen molar-refractivity contribution in [2.24, 2.45) is 5.41 Å². The van der Waals surface area contributed by atoms with E-state index < -0.39 is 12.1 Å². The number of carbonyl (C=O) groups is 2. The molecule has 0 saturated carbocycles. The van der Waals surface area contributed by atoms with E-state index in [9.17, 15) is 9.59 Å². The van der Waals surface area contributed by atoms with Crippen LogP contribution in [0.1, 0.15) is 27.7 Å². The summed E-state index contributed by atoms with van der Waals surface area (Å²) in [7, 11) is 0. The molecule has 1 fully saturated rings. The van der Waals surface area contributed by atoms with Crippen LogP contribution in [0.15, 0.2) is 22.7 Å². The highest BCUT2D eigenvalue weighted by atomic mass is 79.9. The third-order valence-electron chi connectivity index (χ3n) is 3.59. The maximum Gasteiger partial charge on any atom is 0.250 e. The van der Waals surface area contributed by atoms with Crippen LogP contribution in [-0.4, -0.2) is 23.9 Å². The summed E-state index contributed by atoms with van der Waals surface area (Å²) in [6, 6.07) is 4.14. The van der Waals surface area contributed by atoms with Gasteiger partial charge in [0.1, 0.15) is 12.1 Å². The zero-order valence-electron chi connectivity index (χ0n) is 12.4. The third kappa shape index (κ3) is 2.94. The Morgan fingerprint density at radius 2 is 1.90 bits per heavy atom. The summed E-state index contributed by atoms with van der Waals surface area (Å²) >= 11 is 9.51. The Morgan fingerprint density at radius 3 is 2.48 bits per heavy atom. The normalized spacial score (nSPS) is 23.2. The molecule has 4 nitrogen and oxygen atoms in total. The van der Waals surface area contributed by atoms with E-state index in [1.807, 2.05) is 20.8 Å².